The molecule has 0 aliphatic heterocycles. The molecule has 0 radical (unpaired) electrons. The van der Waals surface area contributed by atoms with Crippen LogP contribution in [0, 0.1) is 11.3 Å². The van der Waals surface area contributed by atoms with E-state index in [1.807, 2.05) is 20.8 Å². The van der Waals surface area contributed by atoms with Gasteiger partial charge in [0.25, 0.3) is 0 Å². The fourth-order valence-electron chi connectivity index (χ4n) is 2.02. The summed E-state index contributed by atoms with van der Waals surface area (Å²) < 4.78 is 22.6. The van der Waals surface area contributed by atoms with Gasteiger partial charge >= 0.3 is 0 Å². The molecular weight excluding hydrogens is 290 g/mol. The third kappa shape index (κ3) is 5.82. The first-order chi connectivity index (χ1) is 9.53. The van der Waals surface area contributed by atoms with E-state index >= 15 is 0 Å². The number of nitrogens with one attached hydrogen (secondary N) is 1. The highest BCUT2D eigenvalue weighted by Gasteiger charge is 2.24. The molecule has 0 saturated heterocycles. The lowest BCUT2D eigenvalue weighted by Crippen LogP contribution is -2.32. The Kier molecular flexibility index (Phi) is 5.49. The van der Waals surface area contributed by atoms with Crippen LogP contribution in [-0.4, -0.2) is 20.9 Å². The molecule has 0 aromatic heterocycles. The lowest BCUT2D eigenvalue weighted by molar-refractivity contribution is -0.120. The summed E-state index contributed by atoms with van der Waals surface area (Å²) in [6, 6.07) is 5.84. The van der Waals surface area contributed by atoms with Crippen molar-refractivity contribution in [1.29, 1.82) is 0 Å². The Bertz CT molecular complexity index is 606. The molecule has 6 nitrogen and oxygen atoms in total. The third-order valence-electron chi connectivity index (χ3n) is 2.94. The lowest BCUT2D eigenvalue weighted by Gasteiger charge is -2.24. The highest BCUT2D eigenvalue weighted by atomic mass is 32.2. The number of rotatable bonds is 5. The van der Waals surface area contributed by atoms with E-state index in [9.17, 15) is 13.2 Å². The molecule has 1 aromatic carbocycles. The Morgan fingerprint density at radius 2 is 1.95 bits per heavy atom. The number of anilines is 1. The molecule has 0 fully saturated rings. The molecule has 1 aromatic rings. The molecule has 0 spiro atoms. The van der Waals surface area contributed by atoms with Crippen molar-refractivity contribution in [3.8, 4) is 0 Å². The van der Waals surface area contributed by atoms with Gasteiger partial charge in [0.05, 0.1) is 10.8 Å². The summed E-state index contributed by atoms with van der Waals surface area (Å²) in [4.78, 5) is 12.2. The van der Waals surface area contributed by atoms with E-state index in [0.29, 0.717) is 12.1 Å². The monoisotopic (exact) mass is 313 g/mol. The Hall–Kier alpha value is -1.44. The van der Waals surface area contributed by atoms with Gasteiger partial charge in [-0.15, -0.1) is 0 Å². The zero-order chi connectivity index (χ0) is 16.3. The van der Waals surface area contributed by atoms with Gasteiger partial charge in [0.2, 0.25) is 15.9 Å². The summed E-state index contributed by atoms with van der Waals surface area (Å²) in [5.41, 5.74) is 6.02. The number of amides is 1. The average Bonchev–Trinajstić information content (AvgIpc) is 2.34. The summed E-state index contributed by atoms with van der Waals surface area (Å²) >= 11 is 0. The van der Waals surface area contributed by atoms with E-state index in [2.05, 4.69) is 5.32 Å². The number of primary sulfonamides is 1. The van der Waals surface area contributed by atoms with Crippen LogP contribution in [0.2, 0.25) is 0 Å². The zero-order valence-corrected chi connectivity index (χ0v) is 13.4. The number of carbonyl (C=O) groups is 1. The van der Waals surface area contributed by atoms with E-state index in [0.717, 1.165) is 0 Å². The molecule has 5 N–H and O–H groups in total. The number of hydrogen-bond donors (Lipinski definition) is 3. The van der Waals surface area contributed by atoms with Gasteiger partial charge in [0.15, 0.2) is 0 Å². The van der Waals surface area contributed by atoms with Gasteiger partial charge < -0.3 is 11.1 Å². The summed E-state index contributed by atoms with van der Waals surface area (Å²) in [5, 5.41) is 7.75. The standard InChI is InChI=1S/C14H23N3O3S/c1-14(2,3)8-10(9-15)13(18)17-11-5-4-6-12(7-11)21(16,19)20/h4-7,10H,8-9,15H2,1-3H3,(H,17,18)(H2,16,19,20). The van der Waals surface area contributed by atoms with Crippen LogP contribution in [0.1, 0.15) is 27.2 Å². The van der Waals surface area contributed by atoms with Gasteiger partial charge in [-0.05, 0) is 30.0 Å². The normalized spacial score (nSPS) is 13.8. The van der Waals surface area contributed by atoms with Crippen LogP contribution in [0.25, 0.3) is 0 Å². The van der Waals surface area contributed by atoms with Gasteiger partial charge in [-0.3, -0.25) is 4.79 Å². The first kappa shape index (κ1) is 17.6. The maximum absolute atomic E-state index is 12.2. The summed E-state index contributed by atoms with van der Waals surface area (Å²) in [5.74, 6) is -0.554. The van der Waals surface area contributed by atoms with Gasteiger partial charge in [-0.2, -0.15) is 0 Å². The van der Waals surface area contributed by atoms with Crippen molar-refractivity contribution in [3.63, 3.8) is 0 Å². The van der Waals surface area contributed by atoms with Crippen LogP contribution in [-0.2, 0) is 14.8 Å². The SMILES string of the molecule is CC(C)(C)CC(CN)C(=O)Nc1cccc(S(N)(=O)=O)c1. The number of carbonyl (C=O) groups excluding carboxylic acids is 1. The lowest BCUT2D eigenvalue weighted by atomic mass is 9.84. The molecular formula is C14H23N3O3S. The molecule has 1 unspecified atom stereocenters. The smallest absolute Gasteiger partial charge is 0.238 e. The van der Waals surface area contributed by atoms with E-state index in [-0.39, 0.29) is 28.7 Å². The minimum atomic E-state index is -3.79. The molecule has 0 bridgehead atoms. The van der Waals surface area contributed by atoms with Crippen molar-refractivity contribution < 1.29 is 13.2 Å². The fraction of sp³-hybridized carbons (Fsp3) is 0.500. The molecule has 7 heteroatoms. The second-order valence-corrected chi connectivity index (χ2v) is 7.82. The summed E-state index contributed by atoms with van der Waals surface area (Å²) in [6.45, 7) is 6.33. The van der Waals surface area contributed by atoms with Crippen molar-refractivity contribution in [1.82, 2.24) is 0 Å². The first-order valence-corrected chi connectivity index (χ1v) is 8.21. The molecule has 1 amide bonds. The number of nitrogens with two attached hydrogens (primary N) is 2. The Morgan fingerprint density at radius 3 is 2.43 bits per heavy atom. The largest absolute Gasteiger partial charge is 0.330 e. The van der Waals surface area contributed by atoms with E-state index in [4.69, 9.17) is 10.9 Å². The molecule has 0 aliphatic rings. The molecule has 0 saturated carbocycles. The van der Waals surface area contributed by atoms with Gasteiger partial charge in [-0.1, -0.05) is 26.8 Å². The van der Waals surface area contributed by atoms with Crippen LogP contribution in [0.3, 0.4) is 0 Å². The number of hydrogen-bond acceptors (Lipinski definition) is 4. The fourth-order valence-corrected chi connectivity index (χ4v) is 2.58. The zero-order valence-electron chi connectivity index (χ0n) is 12.6. The van der Waals surface area contributed by atoms with Crippen LogP contribution in [0.15, 0.2) is 29.2 Å². The maximum atomic E-state index is 12.2. The van der Waals surface area contributed by atoms with Crippen molar-refractivity contribution >= 4 is 21.6 Å². The van der Waals surface area contributed by atoms with E-state index in [1.165, 1.54) is 18.2 Å². The summed E-state index contributed by atoms with van der Waals surface area (Å²) in [6.07, 6.45) is 0.643. The minimum Gasteiger partial charge on any atom is -0.330 e. The topological polar surface area (TPSA) is 115 Å². The van der Waals surface area contributed by atoms with E-state index < -0.39 is 10.0 Å². The minimum absolute atomic E-state index is 0.0240. The van der Waals surface area contributed by atoms with Crippen molar-refractivity contribution in [2.45, 2.75) is 32.1 Å². The maximum Gasteiger partial charge on any atom is 0.238 e. The molecule has 21 heavy (non-hydrogen) atoms. The summed E-state index contributed by atoms with van der Waals surface area (Å²) in [7, 11) is -3.79. The second-order valence-electron chi connectivity index (χ2n) is 6.26. The quantitative estimate of drug-likeness (QED) is 0.759. The number of sulfonamides is 1. The predicted molar refractivity (Wildman–Crippen MR) is 83.1 cm³/mol. The van der Waals surface area contributed by atoms with E-state index in [1.54, 1.807) is 6.07 Å². The Balaban J connectivity index is 2.87. The highest BCUT2D eigenvalue weighted by molar-refractivity contribution is 7.89. The Morgan fingerprint density at radius 1 is 1.33 bits per heavy atom. The first-order valence-electron chi connectivity index (χ1n) is 6.67. The third-order valence-corrected chi connectivity index (χ3v) is 3.86. The van der Waals surface area contributed by atoms with Gasteiger partial charge in [0, 0.05) is 12.2 Å². The highest BCUT2D eigenvalue weighted by Crippen LogP contribution is 2.25. The van der Waals surface area contributed by atoms with Crippen LogP contribution >= 0.6 is 0 Å². The molecule has 1 atom stereocenters. The van der Waals surface area contributed by atoms with Crippen LogP contribution in [0.4, 0.5) is 5.69 Å². The molecule has 0 aliphatic carbocycles. The van der Waals surface area contributed by atoms with Crippen molar-refractivity contribution in [3.05, 3.63) is 24.3 Å². The van der Waals surface area contributed by atoms with Crippen molar-refractivity contribution in [2.24, 2.45) is 22.2 Å². The average molecular weight is 313 g/mol. The van der Waals surface area contributed by atoms with Gasteiger partial charge in [0.1, 0.15) is 0 Å². The number of benzene rings is 1. The second kappa shape index (κ2) is 6.55. The molecule has 0 heterocycles. The molecule has 1 rings (SSSR count). The Labute approximate surface area is 126 Å². The van der Waals surface area contributed by atoms with Crippen LogP contribution in [0.5, 0.6) is 0 Å². The predicted octanol–water partition coefficient (Wildman–Crippen LogP) is 1.28. The van der Waals surface area contributed by atoms with Crippen LogP contribution < -0.4 is 16.2 Å². The van der Waals surface area contributed by atoms with Crippen molar-refractivity contribution in [2.75, 3.05) is 11.9 Å². The molecule has 118 valence electrons. The van der Waals surface area contributed by atoms with Gasteiger partial charge in [-0.25, -0.2) is 13.6 Å².